The highest BCUT2D eigenvalue weighted by Gasteiger charge is 2.32. The van der Waals surface area contributed by atoms with Gasteiger partial charge in [-0.2, -0.15) is 0 Å². The molecule has 0 aromatic rings. The Morgan fingerprint density at radius 1 is 1.10 bits per heavy atom. The topological polar surface area (TPSA) is 15.3 Å². The van der Waals surface area contributed by atoms with E-state index in [9.17, 15) is 0 Å². The van der Waals surface area contributed by atoms with Crippen LogP contribution in [0.1, 0.15) is 66.2 Å². The van der Waals surface area contributed by atoms with Crippen LogP contribution in [0.4, 0.5) is 0 Å². The van der Waals surface area contributed by atoms with Gasteiger partial charge >= 0.3 is 0 Å². The molecule has 1 aliphatic heterocycles. The molecule has 0 amide bonds. The van der Waals surface area contributed by atoms with Crippen molar-refractivity contribution in [2.45, 2.75) is 78.3 Å². The van der Waals surface area contributed by atoms with Gasteiger partial charge in [0.05, 0.1) is 0 Å². The van der Waals surface area contributed by atoms with E-state index in [4.69, 9.17) is 0 Å². The van der Waals surface area contributed by atoms with Gasteiger partial charge < -0.3 is 5.32 Å². The summed E-state index contributed by atoms with van der Waals surface area (Å²) in [7, 11) is 0. The second-order valence-electron chi connectivity index (χ2n) is 7.57. The third-order valence-corrected chi connectivity index (χ3v) is 5.84. The first-order valence-corrected chi connectivity index (χ1v) is 9.09. The molecule has 1 saturated carbocycles. The lowest BCUT2D eigenvalue weighted by Gasteiger charge is -2.44. The Morgan fingerprint density at radius 2 is 1.80 bits per heavy atom. The Balaban J connectivity index is 1.95. The third kappa shape index (κ3) is 4.21. The maximum absolute atomic E-state index is 3.81. The van der Waals surface area contributed by atoms with Crippen molar-refractivity contribution in [2.24, 2.45) is 17.8 Å². The third-order valence-electron chi connectivity index (χ3n) is 5.84. The molecule has 2 fully saturated rings. The minimum absolute atomic E-state index is 0.722. The molecule has 1 heterocycles. The van der Waals surface area contributed by atoms with Crippen LogP contribution in [0.3, 0.4) is 0 Å². The molecule has 0 radical (unpaired) electrons. The summed E-state index contributed by atoms with van der Waals surface area (Å²) >= 11 is 0. The molecule has 2 rings (SSSR count). The van der Waals surface area contributed by atoms with Crippen molar-refractivity contribution in [2.75, 3.05) is 19.6 Å². The molecule has 118 valence electrons. The summed E-state index contributed by atoms with van der Waals surface area (Å²) in [5.74, 6) is 2.64. The van der Waals surface area contributed by atoms with Gasteiger partial charge in [0, 0.05) is 25.2 Å². The predicted octanol–water partition coefficient (Wildman–Crippen LogP) is 3.91. The standard InChI is InChI=1S/C18H36N2/c1-5-19-18(17-9-7-6-8-10-17)13-20-12-14(2)11-15(3)16(20)4/h14-19H,5-13H2,1-4H3. The van der Waals surface area contributed by atoms with Gasteiger partial charge in [0.15, 0.2) is 0 Å². The van der Waals surface area contributed by atoms with Gasteiger partial charge in [-0.3, -0.25) is 4.90 Å². The monoisotopic (exact) mass is 280 g/mol. The Morgan fingerprint density at radius 3 is 2.45 bits per heavy atom. The molecule has 1 N–H and O–H groups in total. The lowest BCUT2D eigenvalue weighted by Crippen LogP contribution is -2.53. The van der Waals surface area contributed by atoms with Crippen molar-refractivity contribution in [3.8, 4) is 0 Å². The van der Waals surface area contributed by atoms with Crippen molar-refractivity contribution in [3.63, 3.8) is 0 Å². The van der Waals surface area contributed by atoms with E-state index in [1.54, 1.807) is 0 Å². The number of hydrogen-bond donors (Lipinski definition) is 1. The molecule has 0 aromatic carbocycles. The van der Waals surface area contributed by atoms with Gasteiger partial charge in [-0.05, 0) is 50.5 Å². The van der Waals surface area contributed by atoms with Crippen LogP contribution in [0, 0.1) is 17.8 Å². The average molecular weight is 281 g/mol. The number of nitrogens with one attached hydrogen (secondary N) is 1. The van der Waals surface area contributed by atoms with Gasteiger partial charge in [-0.1, -0.05) is 40.0 Å². The van der Waals surface area contributed by atoms with E-state index in [0.29, 0.717) is 0 Å². The summed E-state index contributed by atoms with van der Waals surface area (Å²) in [5.41, 5.74) is 0. The van der Waals surface area contributed by atoms with E-state index < -0.39 is 0 Å². The lowest BCUT2D eigenvalue weighted by atomic mass is 9.81. The van der Waals surface area contributed by atoms with E-state index in [-0.39, 0.29) is 0 Å². The van der Waals surface area contributed by atoms with Gasteiger partial charge in [0.2, 0.25) is 0 Å². The summed E-state index contributed by atoms with van der Waals surface area (Å²) in [4.78, 5) is 2.78. The van der Waals surface area contributed by atoms with Crippen LogP contribution >= 0.6 is 0 Å². The normalized spacial score (nSPS) is 35.1. The van der Waals surface area contributed by atoms with Crippen LogP contribution in [0.5, 0.6) is 0 Å². The van der Waals surface area contributed by atoms with Crippen LogP contribution < -0.4 is 5.32 Å². The molecule has 0 spiro atoms. The van der Waals surface area contributed by atoms with Crippen molar-refractivity contribution in [1.29, 1.82) is 0 Å². The number of hydrogen-bond acceptors (Lipinski definition) is 2. The molecule has 4 atom stereocenters. The summed E-state index contributed by atoms with van der Waals surface area (Å²) in [6.45, 7) is 13.3. The van der Waals surface area contributed by atoms with E-state index in [1.807, 2.05) is 0 Å². The molecule has 1 saturated heterocycles. The van der Waals surface area contributed by atoms with Crippen molar-refractivity contribution in [1.82, 2.24) is 10.2 Å². The van der Waals surface area contributed by atoms with Gasteiger partial charge in [-0.15, -0.1) is 0 Å². The van der Waals surface area contributed by atoms with Crippen molar-refractivity contribution >= 4 is 0 Å². The van der Waals surface area contributed by atoms with Crippen LogP contribution in [0.2, 0.25) is 0 Å². The van der Waals surface area contributed by atoms with E-state index in [0.717, 1.165) is 36.4 Å². The van der Waals surface area contributed by atoms with Gasteiger partial charge in [0.25, 0.3) is 0 Å². The fourth-order valence-corrected chi connectivity index (χ4v) is 4.51. The Kier molecular flexibility index (Phi) is 6.35. The zero-order valence-corrected chi connectivity index (χ0v) is 14.2. The molecule has 2 nitrogen and oxygen atoms in total. The molecule has 2 aliphatic rings. The first kappa shape index (κ1) is 16.3. The summed E-state index contributed by atoms with van der Waals surface area (Å²) in [6, 6.07) is 1.48. The summed E-state index contributed by atoms with van der Waals surface area (Å²) in [6.07, 6.45) is 8.68. The maximum Gasteiger partial charge on any atom is 0.0223 e. The molecule has 20 heavy (non-hydrogen) atoms. The second-order valence-corrected chi connectivity index (χ2v) is 7.57. The van der Waals surface area contributed by atoms with Crippen molar-refractivity contribution < 1.29 is 0 Å². The Labute approximate surface area is 126 Å². The molecule has 0 aromatic heterocycles. The molecule has 0 bridgehead atoms. The molecule has 1 aliphatic carbocycles. The smallest absolute Gasteiger partial charge is 0.0223 e. The number of likely N-dealkylation sites (tertiary alicyclic amines) is 1. The molecular formula is C18H36N2. The van der Waals surface area contributed by atoms with E-state index >= 15 is 0 Å². The number of rotatable bonds is 5. The number of likely N-dealkylation sites (N-methyl/N-ethyl adjacent to an activating group) is 1. The minimum atomic E-state index is 0.722. The van der Waals surface area contributed by atoms with E-state index in [1.165, 1.54) is 51.6 Å². The first-order chi connectivity index (χ1) is 9.61. The lowest BCUT2D eigenvalue weighted by molar-refractivity contribution is 0.0591. The quantitative estimate of drug-likeness (QED) is 0.821. The van der Waals surface area contributed by atoms with Crippen molar-refractivity contribution in [3.05, 3.63) is 0 Å². The Bertz CT molecular complexity index is 273. The highest BCUT2D eigenvalue weighted by molar-refractivity contribution is 4.88. The van der Waals surface area contributed by atoms with Crippen LogP contribution in [0.25, 0.3) is 0 Å². The van der Waals surface area contributed by atoms with Crippen LogP contribution in [-0.4, -0.2) is 36.6 Å². The molecular weight excluding hydrogens is 244 g/mol. The van der Waals surface area contributed by atoms with Gasteiger partial charge in [0.1, 0.15) is 0 Å². The first-order valence-electron chi connectivity index (χ1n) is 9.09. The average Bonchev–Trinajstić information content (AvgIpc) is 2.44. The second kappa shape index (κ2) is 7.79. The number of piperidine rings is 1. The Hall–Kier alpha value is -0.0800. The van der Waals surface area contributed by atoms with Crippen LogP contribution in [0.15, 0.2) is 0 Å². The maximum atomic E-state index is 3.81. The highest BCUT2D eigenvalue weighted by atomic mass is 15.2. The fraction of sp³-hybridized carbons (Fsp3) is 1.00. The zero-order valence-electron chi connectivity index (χ0n) is 14.2. The fourth-order valence-electron chi connectivity index (χ4n) is 4.51. The SMILES string of the molecule is CCNC(CN1CC(C)CC(C)C1C)C1CCCCC1. The highest BCUT2D eigenvalue weighted by Crippen LogP contribution is 2.30. The van der Waals surface area contributed by atoms with Crippen LogP contribution in [-0.2, 0) is 0 Å². The predicted molar refractivity (Wildman–Crippen MR) is 88.0 cm³/mol. The van der Waals surface area contributed by atoms with Gasteiger partial charge in [-0.25, -0.2) is 0 Å². The minimum Gasteiger partial charge on any atom is -0.313 e. The molecule has 2 heteroatoms. The largest absolute Gasteiger partial charge is 0.313 e. The number of nitrogens with zero attached hydrogens (tertiary/aromatic N) is 1. The van der Waals surface area contributed by atoms with E-state index in [2.05, 4.69) is 37.9 Å². The summed E-state index contributed by atoms with van der Waals surface area (Å²) in [5, 5.41) is 3.81. The summed E-state index contributed by atoms with van der Waals surface area (Å²) < 4.78 is 0. The zero-order chi connectivity index (χ0) is 14.5. The molecule has 4 unspecified atom stereocenters.